The van der Waals surface area contributed by atoms with Crippen LogP contribution >= 0.6 is 0 Å². The molecule has 1 aromatic heterocycles. The molecule has 3 aromatic rings. The quantitative estimate of drug-likeness (QED) is 0.519. The molecule has 0 spiro atoms. The van der Waals surface area contributed by atoms with Gasteiger partial charge in [-0.2, -0.15) is 0 Å². The first kappa shape index (κ1) is 16.8. The first-order chi connectivity index (χ1) is 13.2. The molecule has 1 aliphatic rings. The highest BCUT2D eigenvalue weighted by atomic mass is 16.6. The van der Waals surface area contributed by atoms with Gasteiger partial charge >= 0.3 is 5.97 Å². The SMILES string of the molecule is COc1ccccc1/C=C1\N=C(c2c(-c3ccccc3)noc2C)OC1=O. The molecule has 0 fully saturated rings. The average molecular weight is 360 g/mol. The van der Waals surface area contributed by atoms with Crippen LogP contribution in [0.1, 0.15) is 16.9 Å². The van der Waals surface area contributed by atoms with E-state index >= 15 is 0 Å². The van der Waals surface area contributed by atoms with Crippen LogP contribution in [0.4, 0.5) is 0 Å². The van der Waals surface area contributed by atoms with E-state index in [0.29, 0.717) is 22.8 Å². The summed E-state index contributed by atoms with van der Waals surface area (Å²) in [7, 11) is 1.58. The van der Waals surface area contributed by atoms with Crippen LogP contribution in [0.5, 0.6) is 5.75 Å². The lowest BCUT2D eigenvalue weighted by atomic mass is 10.1. The zero-order chi connectivity index (χ0) is 18.8. The second-order valence-corrected chi connectivity index (χ2v) is 5.91. The van der Waals surface area contributed by atoms with Crippen LogP contribution in [-0.4, -0.2) is 24.1 Å². The summed E-state index contributed by atoms with van der Waals surface area (Å²) in [4.78, 5) is 16.7. The third kappa shape index (κ3) is 3.13. The highest BCUT2D eigenvalue weighted by Gasteiger charge is 2.30. The van der Waals surface area contributed by atoms with Crippen LogP contribution in [0, 0.1) is 6.92 Å². The molecule has 0 bridgehead atoms. The summed E-state index contributed by atoms with van der Waals surface area (Å²) in [6.45, 7) is 1.76. The number of cyclic esters (lactones) is 1. The van der Waals surface area contributed by atoms with Gasteiger partial charge in [0.2, 0.25) is 5.90 Å². The number of aromatic nitrogens is 1. The number of esters is 1. The van der Waals surface area contributed by atoms with Crippen molar-refractivity contribution in [1.29, 1.82) is 0 Å². The van der Waals surface area contributed by atoms with Crippen LogP contribution in [0.25, 0.3) is 17.3 Å². The molecule has 0 saturated heterocycles. The van der Waals surface area contributed by atoms with E-state index in [1.807, 2.05) is 54.6 Å². The van der Waals surface area contributed by atoms with Crippen molar-refractivity contribution in [2.45, 2.75) is 6.92 Å². The maximum atomic E-state index is 12.3. The van der Waals surface area contributed by atoms with E-state index in [9.17, 15) is 4.79 Å². The molecule has 27 heavy (non-hydrogen) atoms. The van der Waals surface area contributed by atoms with Gasteiger partial charge in [-0.05, 0) is 19.1 Å². The smallest absolute Gasteiger partial charge is 0.363 e. The monoisotopic (exact) mass is 360 g/mol. The van der Waals surface area contributed by atoms with Crippen molar-refractivity contribution in [3.05, 3.63) is 77.2 Å². The molecule has 6 nitrogen and oxygen atoms in total. The number of hydrogen-bond donors (Lipinski definition) is 0. The summed E-state index contributed by atoms with van der Waals surface area (Å²) in [6, 6.07) is 16.9. The normalized spacial score (nSPS) is 15.0. The summed E-state index contributed by atoms with van der Waals surface area (Å²) in [5, 5.41) is 4.11. The van der Waals surface area contributed by atoms with Gasteiger partial charge in [-0.15, -0.1) is 0 Å². The zero-order valence-electron chi connectivity index (χ0n) is 14.8. The summed E-state index contributed by atoms with van der Waals surface area (Å²) >= 11 is 0. The highest BCUT2D eigenvalue weighted by Crippen LogP contribution is 2.30. The maximum Gasteiger partial charge on any atom is 0.363 e. The van der Waals surface area contributed by atoms with E-state index in [4.69, 9.17) is 14.0 Å². The van der Waals surface area contributed by atoms with E-state index < -0.39 is 5.97 Å². The Hall–Kier alpha value is -3.67. The minimum absolute atomic E-state index is 0.179. The molecule has 0 unspecified atom stereocenters. The van der Waals surface area contributed by atoms with Crippen LogP contribution in [-0.2, 0) is 9.53 Å². The van der Waals surface area contributed by atoms with Gasteiger partial charge in [0.15, 0.2) is 5.70 Å². The van der Waals surface area contributed by atoms with Crippen molar-refractivity contribution in [2.75, 3.05) is 7.11 Å². The van der Waals surface area contributed by atoms with Crippen molar-refractivity contribution < 1.29 is 18.8 Å². The number of benzene rings is 2. The Kier molecular flexibility index (Phi) is 4.30. The van der Waals surface area contributed by atoms with Gasteiger partial charge in [0, 0.05) is 11.1 Å². The predicted molar refractivity (Wildman–Crippen MR) is 100 cm³/mol. The van der Waals surface area contributed by atoms with Crippen molar-refractivity contribution >= 4 is 17.9 Å². The standard InChI is InChI=1S/C21H16N2O4/c1-13-18(19(23-27-13)14-8-4-3-5-9-14)20-22-16(21(24)26-20)12-15-10-6-7-11-17(15)25-2/h3-12H,1-2H3/b16-12-. The molecule has 0 saturated carbocycles. The molecule has 6 heteroatoms. The first-order valence-corrected chi connectivity index (χ1v) is 8.35. The molecule has 1 aliphatic heterocycles. The van der Waals surface area contributed by atoms with Gasteiger partial charge in [0.05, 0.1) is 7.11 Å². The highest BCUT2D eigenvalue weighted by molar-refractivity contribution is 6.15. The Morgan fingerprint density at radius 3 is 2.56 bits per heavy atom. The number of methoxy groups -OCH3 is 1. The van der Waals surface area contributed by atoms with Crippen LogP contribution in [0.15, 0.2) is 69.8 Å². The zero-order valence-corrected chi connectivity index (χ0v) is 14.8. The van der Waals surface area contributed by atoms with Crippen molar-refractivity contribution in [3.8, 4) is 17.0 Å². The van der Waals surface area contributed by atoms with Gasteiger partial charge in [0.25, 0.3) is 0 Å². The lowest BCUT2D eigenvalue weighted by Gasteiger charge is -2.03. The Balaban J connectivity index is 1.77. The minimum Gasteiger partial charge on any atom is -0.496 e. The summed E-state index contributed by atoms with van der Waals surface area (Å²) in [5.41, 5.74) is 2.93. The number of aliphatic imine (C=N–C) groups is 1. The largest absolute Gasteiger partial charge is 0.496 e. The number of para-hydroxylation sites is 1. The predicted octanol–water partition coefficient (Wildman–Crippen LogP) is 4.00. The lowest BCUT2D eigenvalue weighted by molar-refractivity contribution is -0.129. The van der Waals surface area contributed by atoms with Gasteiger partial charge in [-0.1, -0.05) is 53.7 Å². The van der Waals surface area contributed by atoms with Gasteiger partial charge in [-0.25, -0.2) is 9.79 Å². The Bertz CT molecular complexity index is 1060. The van der Waals surface area contributed by atoms with Crippen molar-refractivity contribution in [3.63, 3.8) is 0 Å². The number of carbonyl (C=O) groups excluding carboxylic acids is 1. The number of ether oxygens (including phenoxy) is 2. The fourth-order valence-electron chi connectivity index (χ4n) is 2.87. The minimum atomic E-state index is -0.532. The van der Waals surface area contributed by atoms with Crippen molar-refractivity contribution in [1.82, 2.24) is 5.16 Å². The fourth-order valence-corrected chi connectivity index (χ4v) is 2.87. The number of nitrogens with zero attached hydrogens (tertiary/aromatic N) is 2. The van der Waals surface area contributed by atoms with Crippen LogP contribution < -0.4 is 4.74 Å². The summed E-state index contributed by atoms with van der Waals surface area (Å²) < 4.78 is 16.1. The van der Waals surface area contributed by atoms with Gasteiger partial charge in [0.1, 0.15) is 22.8 Å². The Morgan fingerprint density at radius 2 is 1.78 bits per heavy atom. The molecule has 0 atom stereocenters. The average Bonchev–Trinajstić information content (AvgIpc) is 3.25. The molecular formula is C21H16N2O4. The number of carbonyl (C=O) groups is 1. The Morgan fingerprint density at radius 1 is 1.04 bits per heavy atom. The van der Waals surface area contributed by atoms with Gasteiger partial charge < -0.3 is 14.0 Å². The fraction of sp³-hybridized carbons (Fsp3) is 0.0952. The molecule has 0 N–H and O–H groups in total. The number of aryl methyl sites for hydroxylation is 1. The number of hydrogen-bond acceptors (Lipinski definition) is 6. The first-order valence-electron chi connectivity index (χ1n) is 8.35. The molecule has 0 radical (unpaired) electrons. The molecule has 134 valence electrons. The van der Waals surface area contributed by atoms with Crippen molar-refractivity contribution in [2.24, 2.45) is 4.99 Å². The lowest BCUT2D eigenvalue weighted by Crippen LogP contribution is -2.07. The summed E-state index contributed by atoms with van der Waals surface area (Å²) in [5.74, 6) is 0.820. The van der Waals surface area contributed by atoms with E-state index in [0.717, 1.165) is 11.1 Å². The van der Waals surface area contributed by atoms with Crippen LogP contribution in [0.2, 0.25) is 0 Å². The molecule has 2 aromatic carbocycles. The third-order valence-corrected chi connectivity index (χ3v) is 4.18. The molecule has 0 aliphatic carbocycles. The second-order valence-electron chi connectivity index (χ2n) is 5.91. The van der Waals surface area contributed by atoms with Gasteiger partial charge in [-0.3, -0.25) is 0 Å². The summed E-state index contributed by atoms with van der Waals surface area (Å²) in [6.07, 6.45) is 1.64. The van der Waals surface area contributed by atoms with Crippen LogP contribution in [0.3, 0.4) is 0 Å². The second kappa shape index (κ2) is 6.92. The Labute approximate surface area is 155 Å². The third-order valence-electron chi connectivity index (χ3n) is 4.18. The molecule has 0 amide bonds. The molecule has 2 heterocycles. The molecular weight excluding hydrogens is 344 g/mol. The van der Waals surface area contributed by atoms with E-state index in [-0.39, 0.29) is 11.6 Å². The topological polar surface area (TPSA) is 73.9 Å². The maximum absolute atomic E-state index is 12.3. The van der Waals surface area contributed by atoms with E-state index in [2.05, 4.69) is 10.1 Å². The molecule has 4 rings (SSSR count). The number of rotatable bonds is 4. The van der Waals surface area contributed by atoms with E-state index in [1.165, 1.54) is 0 Å². The van der Waals surface area contributed by atoms with E-state index in [1.54, 1.807) is 20.1 Å².